The number of carboxylic acid groups (broad SMARTS) is 1. The van der Waals surface area contributed by atoms with Gasteiger partial charge >= 0.3 is 5.97 Å². The van der Waals surface area contributed by atoms with Crippen LogP contribution >= 0.6 is 0 Å². The predicted molar refractivity (Wildman–Crippen MR) is 104 cm³/mol. The first kappa shape index (κ1) is 18.7. The molecule has 1 N–H and O–H groups in total. The minimum Gasteiger partial charge on any atom is -0.496 e. The molecule has 0 bridgehead atoms. The van der Waals surface area contributed by atoms with E-state index < -0.39 is 11.4 Å². The van der Waals surface area contributed by atoms with E-state index in [2.05, 4.69) is 0 Å². The van der Waals surface area contributed by atoms with E-state index in [4.69, 9.17) is 4.74 Å². The minimum atomic E-state index is -0.926. The van der Waals surface area contributed by atoms with Crippen molar-refractivity contribution >= 4 is 18.0 Å². The number of carboxylic acids is 1. The number of benzene rings is 2. The summed E-state index contributed by atoms with van der Waals surface area (Å²) in [6.07, 6.45) is 4.06. The van der Waals surface area contributed by atoms with Crippen molar-refractivity contribution in [1.29, 1.82) is 0 Å². The molecule has 0 unspecified atom stereocenters. The quantitative estimate of drug-likeness (QED) is 0.825. The van der Waals surface area contributed by atoms with E-state index >= 15 is 0 Å². The number of aliphatic carboxylic acids is 1. The lowest BCUT2D eigenvalue weighted by Gasteiger charge is -2.38. The smallest absolute Gasteiger partial charge is 0.314 e. The van der Waals surface area contributed by atoms with Crippen LogP contribution in [0, 0.1) is 0 Å². The molecule has 0 aliphatic carbocycles. The Kier molecular flexibility index (Phi) is 5.60. The van der Waals surface area contributed by atoms with Gasteiger partial charge in [0.15, 0.2) is 0 Å². The molecule has 2 aromatic rings. The summed E-state index contributed by atoms with van der Waals surface area (Å²) in [6.45, 7) is 0.826. The lowest BCUT2D eigenvalue weighted by molar-refractivity contribution is -0.147. The molecule has 5 heteroatoms. The fraction of sp³-hybridized carbons (Fsp3) is 0.273. The Morgan fingerprint density at radius 1 is 1.04 bits per heavy atom. The van der Waals surface area contributed by atoms with E-state index in [1.54, 1.807) is 18.1 Å². The molecule has 1 fully saturated rings. The van der Waals surface area contributed by atoms with Crippen molar-refractivity contribution in [2.24, 2.45) is 0 Å². The summed E-state index contributed by atoms with van der Waals surface area (Å²) < 4.78 is 5.28. The van der Waals surface area contributed by atoms with Crippen LogP contribution in [0.3, 0.4) is 0 Å². The Morgan fingerprint density at radius 3 is 2.30 bits per heavy atom. The van der Waals surface area contributed by atoms with Crippen LogP contribution in [0.4, 0.5) is 0 Å². The Bertz CT molecular complexity index is 836. The Balaban J connectivity index is 1.70. The largest absolute Gasteiger partial charge is 0.496 e. The zero-order chi connectivity index (χ0) is 19.3. The minimum absolute atomic E-state index is 0.118. The molecule has 1 aliphatic rings. The molecule has 27 heavy (non-hydrogen) atoms. The normalized spacial score (nSPS) is 16.3. The third-order valence-electron chi connectivity index (χ3n) is 5.21. The van der Waals surface area contributed by atoms with Gasteiger partial charge in [0.05, 0.1) is 12.5 Å². The van der Waals surface area contributed by atoms with Crippen LogP contribution in [0.2, 0.25) is 0 Å². The first-order valence-electron chi connectivity index (χ1n) is 8.96. The van der Waals surface area contributed by atoms with Crippen LogP contribution in [-0.2, 0) is 15.0 Å². The molecule has 3 rings (SSSR count). The summed E-state index contributed by atoms with van der Waals surface area (Å²) in [7, 11) is 1.59. The van der Waals surface area contributed by atoms with E-state index in [0.29, 0.717) is 31.7 Å². The zero-order valence-electron chi connectivity index (χ0n) is 15.3. The van der Waals surface area contributed by atoms with Crippen LogP contribution in [0.15, 0.2) is 60.7 Å². The summed E-state index contributed by atoms with van der Waals surface area (Å²) in [5.74, 6) is -0.243. The number of piperidine rings is 1. The van der Waals surface area contributed by atoms with E-state index in [0.717, 1.165) is 11.1 Å². The second kappa shape index (κ2) is 8.08. The van der Waals surface area contributed by atoms with Crippen LogP contribution in [0.1, 0.15) is 24.0 Å². The Morgan fingerprint density at radius 2 is 1.67 bits per heavy atom. The summed E-state index contributed by atoms with van der Waals surface area (Å²) >= 11 is 0. The molecule has 0 atom stereocenters. The third kappa shape index (κ3) is 3.87. The Labute approximate surface area is 158 Å². The number of rotatable bonds is 5. The summed E-state index contributed by atoms with van der Waals surface area (Å²) in [4.78, 5) is 26.2. The van der Waals surface area contributed by atoms with Crippen LogP contribution in [-0.4, -0.2) is 42.1 Å². The van der Waals surface area contributed by atoms with Crippen molar-refractivity contribution in [2.75, 3.05) is 20.2 Å². The molecule has 2 aromatic carbocycles. The van der Waals surface area contributed by atoms with Crippen LogP contribution in [0.5, 0.6) is 5.75 Å². The van der Waals surface area contributed by atoms with Gasteiger partial charge in [-0.2, -0.15) is 0 Å². The average Bonchev–Trinajstić information content (AvgIpc) is 2.72. The molecule has 1 amide bonds. The van der Waals surface area contributed by atoms with Crippen molar-refractivity contribution in [3.63, 3.8) is 0 Å². The average molecular weight is 365 g/mol. The van der Waals surface area contributed by atoms with E-state index in [1.807, 2.05) is 54.6 Å². The fourth-order valence-corrected chi connectivity index (χ4v) is 3.56. The number of carbonyl (C=O) groups excluding carboxylic acids is 1. The SMILES string of the molecule is COc1ccccc1C=CC(=O)N1CCC(C(=O)O)(c2ccccc2)CC1. The number of amides is 1. The molecule has 140 valence electrons. The maximum Gasteiger partial charge on any atom is 0.314 e. The Hall–Kier alpha value is -3.08. The van der Waals surface area contributed by atoms with Gasteiger partial charge in [-0.25, -0.2) is 0 Å². The molecule has 1 aliphatic heterocycles. The summed E-state index contributed by atoms with van der Waals surface area (Å²) in [5, 5.41) is 9.85. The number of likely N-dealkylation sites (tertiary alicyclic amines) is 1. The van der Waals surface area contributed by atoms with E-state index in [1.165, 1.54) is 6.08 Å². The van der Waals surface area contributed by atoms with Gasteiger partial charge in [0, 0.05) is 24.7 Å². The summed E-state index contributed by atoms with van der Waals surface area (Å²) in [6, 6.07) is 16.8. The highest BCUT2D eigenvalue weighted by atomic mass is 16.5. The number of ether oxygens (including phenoxy) is 1. The first-order chi connectivity index (χ1) is 13.1. The highest BCUT2D eigenvalue weighted by molar-refractivity contribution is 5.92. The fourth-order valence-electron chi connectivity index (χ4n) is 3.56. The van der Waals surface area contributed by atoms with Gasteiger partial charge in [-0.05, 0) is 30.5 Å². The topological polar surface area (TPSA) is 66.8 Å². The van der Waals surface area contributed by atoms with Crippen LogP contribution < -0.4 is 4.74 Å². The molecule has 1 heterocycles. The monoisotopic (exact) mass is 365 g/mol. The molecular weight excluding hydrogens is 342 g/mol. The number of nitrogens with zero attached hydrogens (tertiary/aromatic N) is 1. The maximum absolute atomic E-state index is 12.5. The molecule has 0 saturated carbocycles. The van der Waals surface area contributed by atoms with Crippen molar-refractivity contribution in [1.82, 2.24) is 4.90 Å². The van der Waals surface area contributed by atoms with Gasteiger partial charge in [0.25, 0.3) is 0 Å². The van der Waals surface area contributed by atoms with E-state index in [9.17, 15) is 14.7 Å². The van der Waals surface area contributed by atoms with Crippen molar-refractivity contribution < 1.29 is 19.4 Å². The number of methoxy groups -OCH3 is 1. The van der Waals surface area contributed by atoms with Gasteiger partial charge in [0.2, 0.25) is 5.91 Å². The van der Waals surface area contributed by atoms with Crippen LogP contribution in [0.25, 0.3) is 6.08 Å². The molecule has 0 aromatic heterocycles. The molecule has 0 radical (unpaired) electrons. The second-order valence-electron chi connectivity index (χ2n) is 6.65. The molecular formula is C22H23NO4. The standard InChI is InChI=1S/C22H23NO4/c1-27-19-10-6-5-7-17(19)11-12-20(24)23-15-13-22(14-16-23,21(25)26)18-8-3-2-4-9-18/h2-12H,13-16H2,1H3,(H,25,26). The number of hydrogen-bond acceptors (Lipinski definition) is 3. The van der Waals surface area contributed by atoms with E-state index in [-0.39, 0.29) is 5.91 Å². The van der Waals surface area contributed by atoms with Crippen molar-refractivity contribution in [3.8, 4) is 5.75 Å². The third-order valence-corrected chi connectivity index (χ3v) is 5.21. The highest BCUT2D eigenvalue weighted by Gasteiger charge is 2.43. The zero-order valence-corrected chi connectivity index (χ0v) is 15.3. The van der Waals surface area contributed by atoms with Gasteiger partial charge < -0.3 is 14.7 Å². The van der Waals surface area contributed by atoms with Gasteiger partial charge in [-0.1, -0.05) is 48.5 Å². The molecule has 5 nitrogen and oxygen atoms in total. The number of carbonyl (C=O) groups is 2. The molecule has 1 saturated heterocycles. The molecule has 0 spiro atoms. The predicted octanol–water partition coefficient (Wildman–Crippen LogP) is 3.35. The van der Waals surface area contributed by atoms with Gasteiger partial charge in [-0.15, -0.1) is 0 Å². The van der Waals surface area contributed by atoms with Crippen molar-refractivity contribution in [2.45, 2.75) is 18.3 Å². The lowest BCUT2D eigenvalue weighted by atomic mass is 9.73. The summed E-state index contributed by atoms with van der Waals surface area (Å²) in [5.41, 5.74) is 0.702. The lowest BCUT2D eigenvalue weighted by Crippen LogP contribution is -2.48. The second-order valence-corrected chi connectivity index (χ2v) is 6.65. The van der Waals surface area contributed by atoms with Gasteiger partial charge in [-0.3, -0.25) is 9.59 Å². The van der Waals surface area contributed by atoms with Crippen molar-refractivity contribution in [3.05, 3.63) is 71.8 Å². The first-order valence-corrected chi connectivity index (χ1v) is 8.96. The van der Waals surface area contributed by atoms with Gasteiger partial charge in [0.1, 0.15) is 5.75 Å². The highest BCUT2D eigenvalue weighted by Crippen LogP contribution is 2.36. The number of para-hydroxylation sites is 1. The maximum atomic E-state index is 12.5. The number of hydrogen-bond donors (Lipinski definition) is 1.